The molecule has 1 N–H and O–H groups in total. The Morgan fingerprint density at radius 2 is 1.97 bits per heavy atom. The molecule has 0 saturated carbocycles. The number of aromatic carboxylic acids is 1. The van der Waals surface area contributed by atoms with Crippen LogP contribution in [-0.2, 0) is 0 Å². The number of piperidine rings is 1. The molecule has 2 aromatic heterocycles. The normalized spacial score (nSPS) is 18.4. The number of likely N-dealkylation sites (tertiary alicyclic amines) is 1. The molecule has 10 heteroatoms. The zero-order valence-electron chi connectivity index (χ0n) is 17.4. The van der Waals surface area contributed by atoms with Gasteiger partial charge >= 0.3 is 5.97 Å². The third kappa shape index (κ3) is 4.58. The fraction of sp³-hybridized carbons (Fsp3) is 0.318. The summed E-state index contributed by atoms with van der Waals surface area (Å²) in [5.41, 5.74) is 0.636. The molecule has 4 rings (SSSR count). The van der Waals surface area contributed by atoms with Crippen molar-refractivity contribution in [3.8, 4) is 11.6 Å². The minimum Gasteiger partial charge on any atom is -0.478 e. The highest BCUT2D eigenvalue weighted by molar-refractivity contribution is 6.00. The average molecular weight is 439 g/mol. The summed E-state index contributed by atoms with van der Waals surface area (Å²) < 4.78 is 18.7. The summed E-state index contributed by atoms with van der Waals surface area (Å²) >= 11 is 0. The van der Waals surface area contributed by atoms with Crippen LogP contribution in [0.5, 0.6) is 5.88 Å². The Hall–Kier alpha value is -3.82. The lowest BCUT2D eigenvalue weighted by molar-refractivity contribution is 0.0502. The fourth-order valence-corrected chi connectivity index (χ4v) is 3.76. The summed E-state index contributed by atoms with van der Waals surface area (Å²) in [5.74, 6) is -1.48. The summed E-state index contributed by atoms with van der Waals surface area (Å²) in [7, 11) is 0. The van der Waals surface area contributed by atoms with E-state index in [0.717, 1.165) is 19.0 Å². The van der Waals surface area contributed by atoms with Crippen LogP contribution in [0.25, 0.3) is 5.69 Å². The number of nitrogens with zero attached hydrogens (tertiary/aromatic N) is 5. The van der Waals surface area contributed by atoms with Gasteiger partial charge in [0.05, 0.1) is 42.0 Å². The van der Waals surface area contributed by atoms with Gasteiger partial charge in [-0.15, -0.1) is 0 Å². The van der Waals surface area contributed by atoms with Crippen LogP contribution in [0.15, 0.2) is 48.9 Å². The number of amides is 1. The predicted octanol–water partition coefficient (Wildman–Crippen LogP) is 2.82. The Kier molecular flexibility index (Phi) is 6.11. The number of carbonyl (C=O) groups is 2. The zero-order valence-corrected chi connectivity index (χ0v) is 17.4. The number of halogens is 1. The van der Waals surface area contributed by atoms with E-state index < -0.39 is 11.8 Å². The predicted molar refractivity (Wildman–Crippen MR) is 111 cm³/mol. The van der Waals surface area contributed by atoms with Gasteiger partial charge in [-0.2, -0.15) is 15.0 Å². The van der Waals surface area contributed by atoms with E-state index in [4.69, 9.17) is 4.74 Å². The molecule has 2 atom stereocenters. The van der Waals surface area contributed by atoms with E-state index in [1.54, 1.807) is 4.90 Å². The molecule has 0 aliphatic carbocycles. The van der Waals surface area contributed by atoms with Crippen LogP contribution in [0, 0.1) is 11.7 Å². The molecule has 0 spiro atoms. The SMILES string of the molecule is C[C@@H]1CC[C@H](COc2ccc(F)cn2)CN1C(=O)c1cc(C(=O)O)ccc1-n1nccn1. The van der Waals surface area contributed by atoms with Crippen LogP contribution in [0.1, 0.15) is 40.5 Å². The largest absolute Gasteiger partial charge is 0.478 e. The van der Waals surface area contributed by atoms with Gasteiger partial charge in [-0.3, -0.25) is 4.79 Å². The molecule has 1 saturated heterocycles. The van der Waals surface area contributed by atoms with Crippen molar-refractivity contribution >= 4 is 11.9 Å². The minimum atomic E-state index is -1.12. The number of aromatic nitrogens is 4. The lowest BCUT2D eigenvalue weighted by Crippen LogP contribution is -2.47. The van der Waals surface area contributed by atoms with E-state index in [2.05, 4.69) is 15.2 Å². The Morgan fingerprint density at radius 3 is 2.66 bits per heavy atom. The van der Waals surface area contributed by atoms with Crippen LogP contribution in [0.3, 0.4) is 0 Å². The second kappa shape index (κ2) is 9.13. The molecule has 166 valence electrons. The molecule has 0 radical (unpaired) electrons. The van der Waals surface area contributed by atoms with Gasteiger partial charge in [0.2, 0.25) is 5.88 Å². The van der Waals surface area contributed by atoms with E-state index in [-0.39, 0.29) is 29.0 Å². The first kappa shape index (κ1) is 21.4. The van der Waals surface area contributed by atoms with Crippen molar-refractivity contribution in [1.82, 2.24) is 24.9 Å². The van der Waals surface area contributed by atoms with Crippen LogP contribution >= 0.6 is 0 Å². The Morgan fingerprint density at radius 1 is 1.19 bits per heavy atom. The summed E-state index contributed by atoms with van der Waals surface area (Å²) in [6, 6.07) is 7.02. The van der Waals surface area contributed by atoms with Crippen molar-refractivity contribution in [3.05, 3.63) is 65.9 Å². The topological polar surface area (TPSA) is 110 Å². The van der Waals surface area contributed by atoms with Crippen molar-refractivity contribution in [2.75, 3.05) is 13.2 Å². The quantitative estimate of drug-likeness (QED) is 0.629. The summed E-state index contributed by atoms with van der Waals surface area (Å²) in [6.45, 7) is 2.73. The Balaban J connectivity index is 1.55. The third-order valence-corrected chi connectivity index (χ3v) is 5.52. The highest BCUT2D eigenvalue weighted by Crippen LogP contribution is 2.27. The Labute approximate surface area is 183 Å². The molecule has 3 heterocycles. The van der Waals surface area contributed by atoms with Crippen LogP contribution in [0.2, 0.25) is 0 Å². The van der Waals surface area contributed by atoms with E-state index in [0.29, 0.717) is 24.7 Å². The van der Waals surface area contributed by atoms with E-state index >= 15 is 0 Å². The van der Waals surface area contributed by atoms with Gasteiger partial charge in [0.25, 0.3) is 5.91 Å². The average Bonchev–Trinajstić information content (AvgIpc) is 3.33. The van der Waals surface area contributed by atoms with Gasteiger partial charge in [0.15, 0.2) is 0 Å². The van der Waals surface area contributed by atoms with Crippen LogP contribution in [-0.4, -0.2) is 61.1 Å². The maximum Gasteiger partial charge on any atom is 0.335 e. The van der Waals surface area contributed by atoms with Gasteiger partial charge < -0.3 is 14.7 Å². The standard InChI is InChI=1S/C22H22FN5O4/c1-14-2-3-15(13-32-20-7-5-17(23)11-24-20)12-27(14)21(29)18-10-16(22(30)31)4-6-19(18)28-25-8-9-26-28/h4-11,14-15H,2-3,12-13H2,1H3,(H,30,31)/t14-,15+/m1/s1. The molecule has 1 aliphatic heterocycles. The first-order valence-electron chi connectivity index (χ1n) is 10.2. The van der Waals surface area contributed by atoms with Crippen molar-refractivity contribution in [3.63, 3.8) is 0 Å². The number of carboxylic acids is 1. The van der Waals surface area contributed by atoms with Gasteiger partial charge in [-0.25, -0.2) is 14.2 Å². The van der Waals surface area contributed by atoms with Gasteiger partial charge in [0.1, 0.15) is 5.82 Å². The second-order valence-electron chi connectivity index (χ2n) is 7.73. The maximum absolute atomic E-state index is 13.5. The summed E-state index contributed by atoms with van der Waals surface area (Å²) in [6.07, 6.45) is 5.69. The number of pyridine rings is 1. The monoisotopic (exact) mass is 439 g/mol. The van der Waals surface area contributed by atoms with Crippen molar-refractivity contribution < 1.29 is 23.8 Å². The molecule has 1 amide bonds. The van der Waals surface area contributed by atoms with Crippen LogP contribution < -0.4 is 4.74 Å². The number of hydrogen-bond acceptors (Lipinski definition) is 6. The third-order valence-electron chi connectivity index (χ3n) is 5.52. The number of carboxylic acid groups (broad SMARTS) is 1. The molecule has 32 heavy (non-hydrogen) atoms. The van der Waals surface area contributed by atoms with Gasteiger partial charge in [-0.1, -0.05) is 0 Å². The summed E-state index contributed by atoms with van der Waals surface area (Å²) in [4.78, 5) is 31.9. The molecule has 0 bridgehead atoms. The fourth-order valence-electron chi connectivity index (χ4n) is 3.76. The molecule has 9 nitrogen and oxygen atoms in total. The van der Waals surface area contributed by atoms with E-state index in [1.165, 1.54) is 47.5 Å². The molecule has 1 aliphatic rings. The number of hydrogen-bond donors (Lipinski definition) is 1. The minimum absolute atomic E-state index is 0.0104. The molecule has 1 fully saturated rings. The lowest BCUT2D eigenvalue weighted by Gasteiger charge is -2.38. The van der Waals surface area contributed by atoms with Crippen LogP contribution in [0.4, 0.5) is 4.39 Å². The number of ether oxygens (including phenoxy) is 1. The first-order valence-corrected chi connectivity index (χ1v) is 10.2. The molecule has 0 unspecified atom stereocenters. The number of rotatable bonds is 6. The van der Waals surface area contributed by atoms with Crippen molar-refractivity contribution in [1.29, 1.82) is 0 Å². The Bertz CT molecular complexity index is 1100. The van der Waals surface area contributed by atoms with E-state index in [9.17, 15) is 19.1 Å². The van der Waals surface area contributed by atoms with E-state index in [1.807, 2.05) is 6.92 Å². The molecule has 1 aromatic carbocycles. The number of carbonyl (C=O) groups excluding carboxylic acids is 1. The zero-order chi connectivity index (χ0) is 22.7. The van der Waals surface area contributed by atoms with Crippen molar-refractivity contribution in [2.24, 2.45) is 5.92 Å². The summed E-state index contributed by atoms with van der Waals surface area (Å²) in [5, 5.41) is 17.6. The first-order chi connectivity index (χ1) is 15.4. The van der Waals surface area contributed by atoms with Gasteiger partial charge in [0, 0.05) is 24.6 Å². The maximum atomic E-state index is 13.5. The lowest BCUT2D eigenvalue weighted by atomic mass is 9.93. The van der Waals surface area contributed by atoms with Gasteiger partial charge in [-0.05, 0) is 44.0 Å². The van der Waals surface area contributed by atoms with Crippen molar-refractivity contribution in [2.45, 2.75) is 25.8 Å². The molecular formula is C22H22FN5O4. The highest BCUT2D eigenvalue weighted by atomic mass is 19.1. The second-order valence-corrected chi connectivity index (χ2v) is 7.73. The smallest absolute Gasteiger partial charge is 0.335 e. The number of benzene rings is 1. The molecular weight excluding hydrogens is 417 g/mol. The highest BCUT2D eigenvalue weighted by Gasteiger charge is 2.32. The molecule has 3 aromatic rings.